The van der Waals surface area contributed by atoms with Gasteiger partial charge in [0, 0.05) is 17.9 Å². The summed E-state index contributed by atoms with van der Waals surface area (Å²) in [5.74, 6) is 0.251. The molecule has 0 amide bonds. The molecule has 0 saturated carbocycles. The molecule has 1 aliphatic heterocycles. The van der Waals surface area contributed by atoms with E-state index in [0.717, 1.165) is 30.8 Å². The van der Waals surface area contributed by atoms with Gasteiger partial charge < -0.3 is 19.8 Å². The number of anilines is 2. The number of hydrogen-bond donors (Lipinski definition) is 1. The molecule has 0 aliphatic carbocycles. The van der Waals surface area contributed by atoms with Gasteiger partial charge in [-0.15, -0.1) is 0 Å². The van der Waals surface area contributed by atoms with Crippen molar-refractivity contribution in [2.45, 2.75) is 19.4 Å². The van der Waals surface area contributed by atoms with E-state index in [1.54, 1.807) is 6.07 Å². The van der Waals surface area contributed by atoms with Gasteiger partial charge >= 0.3 is 5.97 Å². The van der Waals surface area contributed by atoms with Crippen LogP contribution in [0.1, 0.15) is 28.1 Å². The van der Waals surface area contributed by atoms with Crippen molar-refractivity contribution in [3.63, 3.8) is 0 Å². The first kappa shape index (κ1) is 13.5. The number of hydrogen-bond acceptors (Lipinski definition) is 5. The highest BCUT2D eigenvalue weighted by atomic mass is 16.5. The van der Waals surface area contributed by atoms with Crippen LogP contribution in [0.2, 0.25) is 0 Å². The second kappa shape index (κ2) is 5.52. The quantitative estimate of drug-likeness (QED) is 0.694. The minimum absolute atomic E-state index is 0.372. The van der Waals surface area contributed by atoms with Crippen LogP contribution in [0.4, 0.5) is 11.4 Å². The average molecular weight is 286 g/mol. The van der Waals surface area contributed by atoms with Crippen LogP contribution in [-0.2, 0) is 17.7 Å². The van der Waals surface area contributed by atoms with Gasteiger partial charge in [0.2, 0.25) is 0 Å². The zero-order valence-electron chi connectivity index (χ0n) is 12.0. The third-order valence-electron chi connectivity index (χ3n) is 3.87. The minimum atomic E-state index is -0.372. The molecule has 2 aromatic rings. The molecule has 110 valence electrons. The fourth-order valence-electron chi connectivity index (χ4n) is 2.82. The molecule has 0 saturated heterocycles. The van der Waals surface area contributed by atoms with Crippen LogP contribution in [-0.4, -0.2) is 19.6 Å². The van der Waals surface area contributed by atoms with E-state index in [0.29, 0.717) is 17.9 Å². The fraction of sp³-hybridized carbons (Fsp3) is 0.312. The summed E-state index contributed by atoms with van der Waals surface area (Å²) in [4.78, 5) is 13.9. The van der Waals surface area contributed by atoms with Crippen LogP contribution in [0.15, 0.2) is 34.9 Å². The second-order valence-corrected chi connectivity index (χ2v) is 5.12. The van der Waals surface area contributed by atoms with Crippen LogP contribution in [0, 0.1) is 0 Å². The third-order valence-corrected chi connectivity index (χ3v) is 3.87. The van der Waals surface area contributed by atoms with Crippen molar-refractivity contribution < 1.29 is 13.9 Å². The van der Waals surface area contributed by atoms with Crippen molar-refractivity contribution in [1.82, 2.24) is 0 Å². The van der Waals surface area contributed by atoms with Crippen LogP contribution in [0.3, 0.4) is 0 Å². The van der Waals surface area contributed by atoms with Gasteiger partial charge in [-0.3, -0.25) is 0 Å². The molecule has 0 atom stereocenters. The third kappa shape index (κ3) is 2.46. The maximum atomic E-state index is 11.7. The number of carbonyl (C=O) groups excluding carboxylic acids is 1. The Balaban J connectivity index is 1.89. The summed E-state index contributed by atoms with van der Waals surface area (Å²) in [6.07, 6.45) is 3.54. The number of fused-ring (bicyclic) bond motifs is 1. The number of nitrogens with zero attached hydrogens (tertiary/aromatic N) is 1. The van der Waals surface area contributed by atoms with E-state index in [1.807, 2.05) is 12.1 Å². The largest absolute Gasteiger partial charge is 0.467 e. The van der Waals surface area contributed by atoms with Crippen LogP contribution in [0.25, 0.3) is 0 Å². The van der Waals surface area contributed by atoms with Gasteiger partial charge in [-0.2, -0.15) is 0 Å². The van der Waals surface area contributed by atoms with Gasteiger partial charge in [0.05, 0.1) is 19.9 Å². The molecular weight excluding hydrogens is 268 g/mol. The summed E-state index contributed by atoms with van der Waals surface area (Å²) in [6, 6.07) is 7.59. The number of ether oxygens (including phenoxy) is 1. The van der Waals surface area contributed by atoms with E-state index < -0.39 is 0 Å². The Kier molecular flexibility index (Phi) is 3.56. The fourth-order valence-corrected chi connectivity index (χ4v) is 2.82. The molecule has 1 aromatic carbocycles. The molecule has 0 radical (unpaired) electrons. The van der Waals surface area contributed by atoms with Crippen LogP contribution in [0.5, 0.6) is 0 Å². The Bertz CT molecular complexity index is 663. The summed E-state index contributed by atoms with van der Waals surface area (Å²) >= 11 is 0. The summed E-state index contributed by atoms with van der Waals surface area (Å²) < 4.78 is 10.2. The first-order valence-electron chi connectivity index (χ1n) is 6.97. The molecule has 5 nitrogen and oxygen atoms in total. The Hall–Kier alpha value is -2.43. The zero-order chi connectivity index (χ0) is 14.8. The number of methoxy groups -OCH3 is 1. The second-order valence-electron chi connectivity index (χ2n) is 5.12. The molecule has 1 aromatic heterocycles. The predicted octanol–water partition coefficient (Wildman–Crippen LogP) is 2.60. The van der Waals surface area contributed by atoms with E-state index in [2.05, 4.69) is 11.0 Å². The van der Waals surface area contributed by atoms with Crippen molar-refractivity contribution in [3.05, 3.63) is 47.4 Å². The lowest BCUT2D eigenvalue weighted by atomic mass is 9.99. The maximum absolute atomic E-state index is 11.7. The predicted molar refractivity (Wildman–Crippen MR) is 80.3 cm³/mol. The summed E-state index contributed by atoms with van der Waals surface area (Å²) in [5, 5.41) is 0. The summed E-state index contributed by atoms with van der Waals surface area (Å²) in [5.41, 5.74) is 9.65. The van der Waals surface area contributed by atoms with Gasteiger partial charge in [0.15, 0.2) is 0 Å². The molecule has 5 heteroatoms. The van der Waals surface area contributed by atoms with Crippen molar-refractivity contribution in [2.24, 2.45) is 0 Å². The zero-order valence-corrected chi connectivity index (χ0v) is 12.0. The Morgan fingerprint density at radius 2 is 2.29 bits per heavy atom. The number of benzene rings is 1. The number of rotatable bonds is 3. The summed E-state index contributed by atoms with van der Waals surface area (Å²) in [7, 11) is 1.37. The first-order chi connectivity index (χ1) is 10.2. The Morgan fingerprint density at radius 1 is 1.43 bits per heavy atom. The molecule has 0 spiro atoms. The Morgan fingerprint density at radius 3 is 3.10 bits per heavy atom. The van der Waals surface area contributed by atoms with Gasteiger partial charge in [-0.05, 0) is 36.6 Å². The molecule has 1 aliphatic rings. The number of nitrogens with two attached hydrogens (primary N) is 1. The van der Waals surface area contributed by atoms with Crippen LogP contribution >= 0.6 is 0 Å². The van der Waals surface area contributed by atoms with Gasteiger partial charge in [-0.25, -0.2) is 4.79 Å². The highest BCUT2D eigenvalue weighted by Gasteiger charge is 2.22. The highest BCUT2D eigenvalue weighted by molar-refractivity contribution is 5.90. The normalized spacial score (nSPS) is 13.9. The van der Waals surface area contributed by atoms with E-state index in [-0.39, 0.29) is 5.97 Å². The van der Waals surface area contributed by atoms with Crippen molar-refractivity contribution in [2.75, 3.05) is 24.3 Å². The SMILES string of the molecule is COC(=O)c1ccoc1CN1CCCc2c(N)cccc21. The van der Waals surface area contributed by atoms with Gasteiger partial charge in [0.1, 0.15) is 11.3 Å². The molecule has 2 heterocycles. The topological polar surface area (TPSA) is 68.7 Å². The van der Waals surface area contributed by atoms with E-state index >= 15 is 0 Å². The monoisotopic (exact) mass is 286 g/mol. The summed E-state index contributed by atoms with van der Waals surface area (Å²) in [6.45, 7) is 1.45. The lowest BCUT2D eigenvalue weighted by Gasteiger charge is -2.31. The van der Waals surface area contributed by atoms with Crippen molar-refractivity contribution in [1.29, 1.82) is 0 Å². The Labute approximate surface area is 123 Å². The smallest absolute Gasteiger partial charge is 0.341 e. The molecular formula is C16H18N2O3. The van der Waals surface area contributed by atoms with E-state index in [9.17, 15) is 4.79 Å². The number of nitrogen functional groups attached to an aromatic ring is 1. The first-order valence-corrected chi connectivity index (χ1v) is 6.97. The molecule has 3 rings (SSSR count). The number of furan rings is 1. The lowest BCUT2D eigenvalue weighted by Crippen LogP contribution is -2.29. The number of carbonyl (C=O) groups is 1. The maximum Gasteiger partial charge on any atom is 0.341 e. The van der Waals surface area contributed by atoms with Gasteiger partial charge in [0.25, 0.3) is 0 Å². The number of esters is 1. The van der Waals surface area contributed by atoms with E-state index in [4.69, 9.17) is 14.9 Å². The highest BCUT2D eigenvalue weighted by Crippen LogP contribution is 2.32. The molecule has 0 bridgehead atoms. The average Bonchev–Trinajstić information content (AvgIpc) is 2.96. The standard InChI is InChI=1S/C16H18N2O3/c1-20-16(19)12-7-9-21-15(12)10-18-8-3-4-11-13(17)5-2-6-14(11)18/h2,5-7,9H,3-4,8,10,17H2,1H3. The minimum Gasteiger partial charge on any atom is -0.467 e. The molecule has 0 unspecified atom stereocenters. The van der Waals surface area contributed by atoms with Crippen molar-refractivity contribution >= 4 is 17.3 Å². The van der Waals surface area contributed by atoms with Crippen LogP contribution < -0.4 is 10.6 Å². The van der Waals surface area contributed by atoms with Gasteiger partial charge in [-0.1, -0.05) is 6.07 Å². The van der Waals surface area contributed by atoms with Crippen molar-refractivity contribution in [3.8, 4) is 0 Å². The molecule has 2 N–H and O–H groups in total. The lowest BCUT2D eigenvalue weighted by molar-refractivity contribution is 0.0598. The molecule has 0 fully saturated rings. The molecule has 21 heavy (non-hydrogen) atoms. The van der Waals surface area contributed by atoms with E-state index in [1.165, 1.54) is 18.9 Å².